The zero-order valence-electron chi connectivity index (χ0n) is 12.9. The molecule has 2 fully saturated rings. The van der Waals surface area contributed by atoms with E-state index in [0.29, 0.717) is 11.8 Å². The van der Waals surface area contributed by atoms with E-state index in [1.165, 1.54) is 25.7 Å². The van der Waals surface area contributed by atoms with Crippen molar-refractivity contribution in [2.24, 2.45) is 5.92 Å². The number of nitrogens with zero attached hydrogens (tertiary/aromatic N) is 3. The molecule has 1 aliphatic carbocycles. The third-order valence-electron chi connectivity index (χ3n) is 4.96. The fourth-order valence-corrected chi connectivity index (χ4v) is 3.65. The van der Waals surface area contributed by atoms with E-state index in [9.17, 15) is 4.79 Å². The third-order valence-corrected chi connectivity index (χ3v) is 4.96. The predicted molar refractivity (Wildman–Crippen MR) is 81.9 cm³/mol. The van der Waals surface area contributed by atoms with E-state index in [4.69, 9.17) is 0 Å². The molecular formula is C17H25N3O. The molecule has 1 aromatic rings. The van der Waals surface area contributed by atoms with Crippen LogP contribution in [0.3, 0.4) is 0 Å². The maximum absolute atomic E-state index is 12.3. The van der Waals surface area contributed by atoms with Gasteiger partial charge in [0.1, 0.15) is 5.82 Å². The Morgan fingerprint density at radius 3 is 2.90 bits per heavy atom. The molecule has 0 aromatic carbocycles. The summed E-state index contributed by atoms with van der Waals surface area (Å²) >= 11 is 0. The van der Waals surface area contributed by atoms with E-state index in [-0.39, 0.29) is 0 Å². The minimum Gasteiger partial charge on any atom is -0.342 e. The summed E-state index contributed by atoms with van der Waals surface area (Å²) in [5, 5.41) is 0. The molecule has 1 aliphatic heterocycles. The van der Waals surface area contributed by atoms with Crippen molar-refractivity contribution in [3.05, 3.63) is 23.8 Å². The maximum atomic E-state index is 12.3. The number of amides is 1. The van der Waals surface area contributed by atoms with Gasteiger partial charge in [-0.05, 0) is 31.7 Å². The van der Waals surface area contributed by atoms with Crippen LogP contribution in [0.25, 0.3) is 0 Å². The summed E-state index contributed by atoms with van der Waals surface area (Å²) < 4.78 is 0. The van der Waals surface area contributed by atoms with Crippen LogP contribution in [0.5, 0.6) is 0 Å². The van der Waals surface area contributed by atoms with Crippen molar-refractivity contribution in [2.75, 3.05) is 13.1 Å². The first-order chi connectivity index (χ1) is 10.2. The first-order valence-corrected chi connectivity index (χ1v) is 8.29. The Morgan fingerprint density at radius 1 is 1.33 bits per heavy atom. The van der Waals surface area contributed by atoms with E-state index < -0.39 is 0 Å². The van der Waals surface area contributed by atoms with Gasteiger partial charge in [0.2, 0.25) is 5.91 Å². The number of carbonyl (C=O) groups is 1. The Kier molecular flexibility index (Phi) is 4.51. The summed E-state index contributed by atoms with van der Waals surface area (Å²) in [6, 6.07) is 1.92. The van der Waals surface area contributed by atoms with Gasteiger partial charge in [0, 0.05) is 37.3 Å². The van der Waals surface area contributed by atoms with Crippen molar-refractivity contribution >= 4 is 5.91 Å². The minimum absolute atomic E-state index is 0.320. The van der Waals surface area contributed by atoms with Crippen molar-refractivity contribution in [3.8, 4) is 0 Å². The van der Waals surface area contributed by atoms with Crippen LogP contribution < -0.4 is 0 Å². The second kappa shape index (κ2) is 6.54. The molecule has 0 N–H and O–H groups in total. The molecule has 0 bridgehead atoms. The van der Waals surface area contributed by atoms with E-state index in [2.05, 4.69) is 9.97 Å². The standard InChI is InChI=1S/C17H25N3O/c1-13-8-10-18-17(19-13)15-9-11-20(12-15)16(21)7-6-14-4-2-3-5-14/h8,10,14-15H,2-7,9,11-12H2,1H3/t15-/m1/s1. The minimum atomic E-state index is 0.320. The molecular weight excluding hydrogens is 262 g/mol. The Morgan fingerprint density at radius 2 is 2.14 bits per heavy atom. The first-order valence-electron chi connectivity index (χ1n) is 8.29. The number of aryl methyl sites for hydroxylation is 1. The molecule has 1 atom stereocenters. The summed E-state index contributed by atoms with van der Waals surface area (Å²) in [5.41, 5.74) is 1.01. The third kappa shape index (κ3) is 3.60. The lowest BCUT2D eigenvalue weighted by molar-refractivity contribution is -0.130. The number of aromatic nitrogens is 2. The van der Waals surface area contributed by atoms with Gasteiger partial charge in [-0.1, -0.05) is 25.7 Å². The van der Waals surface area contributed by atoms with Gasteiger partial charge in [-0.2, -0.15) is 0 Å². The molecule has 4 heteroatoms. The molecule has 0 spiro atoms. The van der Waals surface area contributed by atoms with Crippen LogP contribution in [-0.4, -0.2) is 33.9 Å². The van der Waals surface area contributed by atoms with Gasteiger partial charge in [-0.3, -0.25) is 4.79 Å². The number of rotatable bonds is 4. The topological polar surface area (TPSA) is 46.1 Å². The SMILES string of the molecule is Cc1ccnc([C@@H]2CCN(C(=O)CCC3CCCC3)C2)n1. The van der Waals surface area contributed by atoms with Crippen LogP contribution in [0.15, 0.2) is 12.3 Å². The largest absolute Gasteiger partial charge is 0.342 e. The van der Waals surface area contributed by atoms with Gasteiger partial charge >= 0.3 is 0 Å². The number of carbonyl (C=O) groups excluding carboxylic acids is 1. The van der Waals surface area contributed by atoms with Crippen LogP contribution in [-0.2, 0) is 4.79 Å². The maximum Gasteiger partial charge on any atom is 0.222 e. The molecule has 1 saturated heterocycles. The molecule has 0 radical (unpaired) electrons. The molecule has 114 valence electrons. The number of hydrogen-bond acceptors (Lipinski definition) is 3. The van der Waals surface area contributed by atoms with Crippen LogP contribution in [0.2, 0.25) is 0 Å². The van der Waals surface area contributed by atoms with E-state index in [1.807, 2.05) is 24.1 Å². The van der Waals surface area contributed by atoms with E-state index >= 15 is 0 Å². The highest BCUT2D eigenvalue weighted by Crippen LogP contribution is 2.30. The lowest BCUT2D eigenvalue weighted by Gasteiger charge is -2.17. The normalized spacial score (nSPS) is 22.9. The summed E-state index contributed by atoms with van der Waals surface area (Å²) in [7, 11) is 0. The Balaban J connectivity index is 1.50. The summed E-state index contributed by atoms with van der Waals surface area (Å²) in [5.74, 6) is 2.35. The van der Waals surface area contributed by atoms with Crippen LogP contribution >= 0.6 is 0 Å². The van der Waals surface area contributed by atoms with Crippen molar-refractivity contribution in [2.45, 2.75) is 57.8 Å². The lowest BCUT2D eigenvalue weighted by Crippen LogP contribution is -2.28. The van der Waals surface area contributed by atoms with Crippen LogP contribution in [0.4, 0.5) is 0 Å². The zero-order valence-corrected chi connectivity index (χ0v) is 12.9. The molecule has 1 amide bonds. The van der Waals surface area contributed by atoms with Crippen molar-refractivity contribution in [3.63, 3.8) is 0 Å². The average molecular weight is 287 g/mol. The average Bonchev–Trinajstić information content (AvgIpc) is 3.16. The van der Waals surface area contributed by atoms with Gasteiger partial charge in [-0.25, -0.2) is 9.97 Å². The van der Waals surface area contributed by atoms with E-state index in [1.54, 1.807) is 0 Å². The Bertz CT molecular complexity index is 497. The van der Waals surface area contributed by atoms with Gasteiger partial charge in [-0.15, -0.1) is 0 Å². The molecule has 2 heterocycles. The molecule has 4 nitrogen and oxygen atoms in total. The molecule has 0 unspecified atom stereocenters. The second-order valence-corrected chi connectivity index (χ2v) is 6.57. The number of hydrogen-bond donors (Lipinski definition) is 0. The molecule has 21 heavy (non-hydrogen) atoms. The fraction of sp³-hybridized carbons (Fsp3) is 0.706. The van der Waals surface area contributed by atoms with Gasteiger partial charge < -0.3 is 4.90 Å². The van der Waals surface area contributed by atoms with Crippen molar-refractivity contribution in [1.82, 2.24) is 14.9 Å². The predicted octanol–water partition coefficient (Wildman–Crippen LogP) is 3.07. The van der Waals surface area contributed by atoms with E-state index in [0.717, 1.165) is 49.8 Å². The summed E-state index contributed by atoms with van der Waals surface area (Å²) in [4.78, 5) is 23.2. The van der Waals surface area contributed by atoms with Crippen LogP contribution in [0, 0.1) is 12.8 Å². The Hall–Kier alpha value is -1.45. The summed E-state index contributed by atoms with van der Waals surface area (Å²) in [6.07, 6.45) is 10.00. The molecule has 3 rings (SSSR count). The quantitative estimate of drug-likeness (QED) is 0.855. The highest BCUT2D eigenvalue weighted by atomic mass is 16.2. The van der Waals surface area contributed by atoms with Gasteiger partial charge in [0.15, 0.2) is 0 Å². The first kappa shape index (κ1) is 14.5. The zero-order chi connectivity index (χ0) is 14.7. The fourth-order valence-electron chi connectivity index (χ4n) is 3.65. The van der Waals surface area contributed by atoms with Gasteiger partial charge in [0.05, 0.1) is 0 Å². The van der Waals surface area contributed by atoms with Crippen molar-refractivity contribution < 1.29 is 4.79 Å². The number of likely N-dealkylation sites (tertiary alicyclic amines) is 1. The van der Waals surface area contributed by atoms with Crippen molar-refractivity contribution in [1.29, 1.82) is 0 Å². The summed E-state index contributed by atoms with van der Waals surface area (Å²) in [6.45, 7) is 3.66. The highest BCUT2D eigenvalue weighted by molar-refractivity contribution is 5.76. The second-order valence-electron chi connectivity index (χ2n) is 6.57. The smallest absolute Gasteiger partial charge is 0.222 e. The highest BCUT2D eigenvalue weighted by Gasteiger charge is 2.29. The Labute approximate surface area is 127 Å². The monoisotopic (exact) mass is 287 g/mol. The van der Waals surface area contributed by atoms with Gasteiger partial charge in [0.25, 0.3) is 0 Å². The molecule has 1 aromatic heterocycles. The van der Waals surface area contributed by atoms with Crippen LogP contribution in [0.1, 0.15) is 62.4 Å². The molecule has 2 aliphatic rings. The molecule has 1 saturated carbocycles. The lowest BCUT2D eigenvalue weighted by atomic mass is 10.0.